The summed E-state index contributed by atoms with van der Waals surface area (Å²) in [5, 5.41) is 5.03. The fourth-order valence-corrected chi connectivity index (χ4v) is 3.43. The molecule has 2 N–H and O–H groups in total. The summed E-state index contributed by atoms with van der Waals surface area (Å²) in [6, 6.07) is 6.97. The van der Waals surface area contributed by atoms with E-state index in [0.29, 0.717) is 11.3 Å². The topological polar surface area (TPSA) is 114 Å². The molecule has 9 nitrogen and oxygen atoms in total. The van der Waals surface area contributed by atoms with E-state index in [1.165, 1.54) is 18.9 Å². The van der Waals surface area contributed by atoms with Gasteiger partial charge in [-0.25, -0.2) is 4.79 Å². The van der Waals surface area contributed by atoms with Crippen LogP contribution in [0.1, 0.15) is 44.4 Å². The van der Waals surface area contributed by atoms with E-state index in [-0.39, 0.29) is 6.42 Å². The van der Waals surface area contributed by atoms with Crippen LogP contribution in [0.4, 0.5) is 4.79 Å². The first kappa shape index (κ1) is 28.8. The molecule has 3 amide bonds. The Morgan fingerprint density at radius 1 is 1.24 bits per heavy atom. The summed E-state index contributed by atoms with van der Waals surface area (Å²) < 4.78 is 9.85. The number of amides is 3. The Hall–Kier alpha value is -3.19. The fraction of sp³-hybridized carbons (Fsp3) is 0.500. The van der Waals surface area contributed by atoms with Crippen LogP contribution < -0.4 is 10.6 Å². The maximum Gasteiger partial charge on any atom is 0.408 e. The van der Waals surface area contributed by atoms with Crippen molar-refractivity contribution in [1.29, 1.82) is 0 Å². The normalized spacial score (nSPS) is 12.5. The van der Waals surface area contributed by atoms with Gasteiger partial charge in [-0.1, -0.05) is 36.3 Å². The van der Waals surface area contributed by atoms with Gasteiger partial charge in [-0.2, -0.15) is 11.8 Å². The van der Waals surface area contributed by atoms with Gasteiger partial charge in [-0.05, 0) is 51.7 Å². The number of methoxy groups -OCH3 is 1. The van der Waals surface area contributed by atoms with Crippen LogP contribution in [0, 0.1) is 19.4 Å². The van der Waals surface area contributed by atoms with Crippen molar-refractivity contribution in [2.24, 2.45) is 0 Å². The van der Waals surface area contributed by atoms with Gasteiger partial charge in [-0.15, -0.1) is 0 Å². The summed E-state index contributed by atoms with van der Waals surface area (Å²) >= 11 is 1.49. The Kier molecular flexibility index (Phi) is 11.5. The number of hydrogen-bond donors (Lipinski definition) is 2. The number of carbonyl (C=O) groups is 4. The monoisotopic (exact) mass is 491 g/mol. The lowest BCUT2D eigenvalue weighted by atomic mass is 10.0. The van der Waals surface area contributed by atoms with Gasteiger partial charge in [0, 0.05) is 6.04 Å². The number of benzene rings is 1. The van der Waals surface area contributed by atoms with Crippen LogP contribution in [0.2, 0.25) is 0 Å². The third kappa shape index (κ3) is 9.35. The quantitative estimate of drug-likeness (QED) is 0.293. The zero-order valence-electron chi connectivity index (χ0n) is 20.5. The van der Waals surface area contributed by atoms with Crippen molar-refractivity contribution in [2.75, 3.05) is 25.7 Å². The van der Waals surface area contributed by atoms with E-state index in [1.54, 1.807) is 39.0 Å². The van der Waals surface area contributed by atoms with Gasteiger partial charge in [0.2, 0.25) is 5.91 Å². The van der Waals surface area contributed by atoms with Crippen molar-refractivity contribution in [1.82, 2.24) is 15.5 Å². The molecule has 0 saturated carbocycles. The van der Waals surface area contributed by atoms with Crippen LogP contribution in [0.25, 0.3) is 0 Å². The molecule has 0 heterocycles. The van der Waals surface area contributed by atoms with Crippen LogP contribution in [0.5, 0.6) is 0 Å². The van der Waals surface area contributed by atoms with Gasteiger partial charge < -0.3 is 20.1 Å². The number of carbonyl (C=O) groups excluding carboxylic acids is 4. The van der Waals surface area contributed by atoms with Crippen LogP contribution in [0.3, 0.4) is 0 Å². The predicted molar refractivity (Wildman–Crippen MR) is 131 cm³/mol. The first-order valence-electron chi connectivity index (χ1n) is 10.6. The molecule has 10 heteroatoms. The molecular formula is C24H33N3O6S. The second kappa shape index (κ2) is 13.5. The molecule has 1 rings (SSSR count). The molecule has 0 bridgehead atoms. The van der Waals surface area contributed by atoms with Crippen molar-refractivity contribution >= 4 is 35.6 Å². The van der Waals surface area contributed by atoms with Crippen LogP contribution in [-0.4, -0.2) is 66.1 Å². The molecule has 1 aromatic carbocycles. The van der Waals surface area contributed by atoms with Crippen molar-refractivity contribution in [3.05, 3.63) is 35.4 Å². The second-order valence-corrected chi connectivity index (χ2v) is 9.41. The Morgan fingerprint density at radius 2 is 1.91 bits per heavy atom. The third-order valence-electron chi connectivity index (χ3n) is 4.48. The molecule has 0 fully saturated rings. The average molecular weight is 492 g/mol. The smallest absolute Gasteiger partial charge is 0.408 e. The lowest BCUT2D eigenvalue weighted by Gasteiger charge is -2.30. The van der Waals surface area contributed by atoms with Crippen molar-refractivity contribution in [2.45, 2.75) is 51.8 Å². The van der Waals surface area contributed by atoms with Gasteiger partial charge in [0.25, 0.3) is 5.91 Å². The second-order valence-electron chi connectivity index (χ2n) is 8.43. The highest BCUT2D eigenvalue weighted by atomic mass is 32.2. The highest BCUT2D eigenvalue weighted by molar-refractivity contribution is 7.98. The van der Waals surface area contributed by atoms with E-state index in [4.69, 9.17) is 11.2 Å². The number of aryl methyl sites for hydroxylation is 1. The molecule has 0 aromatic heterocycles. The first-order valence-corrected chi connectivity index (χ1v) is 12.0. The average Bonchev–Trinajstić information content (AvgIpc) is 2.76. The van der Waals surface area contributed by atoms with Crippen LogP contribution in [-0.2, 0) is 23.9 Å². The fourth-order valence-electron chi connectivity index (χ4n) is 2.96. The first-order chi connectivity index (χ1) is 15.9. The molecule has 0 aliphatic carbocycles. The van der Waals surface area contributed by atoms with E-state index in [9.17, 15) is 19.2 Å². The van der Waals surface area contributed by atoms with Gasteiger partial charge in [-0.3, -0.25) is 19.3 Å². The Morgan fingerprint density at radius 3 is 2.44 bits per heavy atom. The van der Waals surface area contributed by atoms with Gasteiger partial charge in [0.1, 0.15) is 24.2 Å². The summed E-state index contributed by atoms with van der Waals surface area (Å²) in [5.74, 6) is -1.42. The summed E-state index contributed by atoms with van der Waals surface area (Å²) in [5.41, 5.74) is 0.536. The highest BCUT2D eigenvalue weighted by Gasteiger charge is 2.36. The minimum absolute atomic E-state index is 0.266. The molecule has 0 spiro atoms. The maximum atomic E-state index is 13.5. The van der Waals surface area contributed by atoms with E-state index in [0.717, 1.165) is 10.5 Å². The molecule has 2 unspecified atom stereocenters. The number of esters is 1. The minimum atomic E-state index is -1.24. The van der Waals surface area contributed by atoms with Crippen LogP contribution >= 0.6 is 11.8 Å². The van der Waals surface area contributed by atoms with Gasteiger partial charge in [0.05, 0.1) is 7.11 Å². The number of thioether (sulfide) groups is 1. The van der Waals surface area contributed by atoms with Gasteiger partial charge >= 0.3 is 12.1 Å². The summed E-state index contributed by atoms with van der Waals surface area (Å²) in [6.07, 6.45) is 7.06. The number of ether oxygens (including phenoxy) is 2. The van der Waals surface area contributed by atoms with E-state index in [1.807, 2.05) is 19.2 Å². The number of terminal acetylenes is 1. The maximum absolute atomic E-state index is 13.5. The summed E-state index contributed by atoms with van der Waals surface area (Å²) in [7, 11) is 1.20. The molecule has 0 radical (unpaired) electrons. The molecule has 186 valence electrons. The summed E-state index contributed by atoms with van der Waals surface area (Å²) in [6.45, 7) is 6.56. The largest absolute Gasteiger partial charge is 0.468 e. The lowest BCUT2D eigenvalue weighted by molar-refractivity contribution is -0.142. The van der Waals surface area contributed by atoms with Gasteiger partial charge in [0.15, 0.2) is 0 Å². The van der Waals surface area contributed by atoms with Crippen molar-refractivity contribution < 1.29 is 28.7 Å². The van der Waals surface area contributed by atoms with Crippen molar-refractivity contribution in [3.63, 3.8) is 0 Å². The standard InChI is InChI=1S/C24H33N3O6S/c1-8-27(22(30)18(12-13-34-7)26-23(31)33-24(3,4)5)20(17-11-9-10-16(2)14-17)21(29)25-15-19(28)32-6/h1,9-11,14,18,20H,12-13,15H2,2-7H3,(H,25,29)(H,26,31). The number of alkyl carbamates (subject to hydrolysis) is 1. The molecule has 2 atom stereocenters. The highest BCUT2D eigenvalue weighted by Crippen LogP contribution is 2.23. The Balaban J connectivity index is 3.32. The van der Waals surface area contributed by atoms with E-state index >= 15 is 0 Å². The lowest BCUT2D eigenvalue weighted by Crippen LogP contribution is -2.52. The number of rotatable bonds is 10. The number of hydrogen-bond acceptors (Lipinski definition) is 7. The number of nitrogens with one attached hydrogen (secondary N) is 2. The van der Waals surface area contributed by atoms with E-state index < -0.39 is 48.1 Å². The SMILES string of the molecule is C#CN(C(=O)C(CCSC)NC(=O)OC(C)(C)C)C(C(=O)NCC(=O)OC)c1cccc(C)c1. The number of nitrogens with zero attached hydrogens (tertiary/aromatic N) is 1. The molecule has 1 aromatic rings. The molecule has 34 heavy (non-hydrogen) atoms. The zero-order valence-corrected chi connectivity index (χ0v) is 21.3. The molecule has 0 saturated heterocycles. The Labute approximate surface area is 205 Å². The van der Waals surface area contributed by atoms with Crippen LogP contribution in [0.15, 0.2) is 24.3 Å². The zero-order chi connectivity index (χ0) is 25.9. The minimum Gasteiger partial charge on any atom is -0.468 e. The van der Waals surface area contributed by atoms with E-state index in [2.05, 4.69) is 21.4 Å². The molecule has 0 aliphatic rings. The Bertz CT molecular complexity index is 922. The third-order valence-corrected chi connectivity index (χ3v) is 5.12. The molecular weight excluding hydrogens is 458 g/mol. The summed E-state index contributed by atoms with van der Waals surface area (Å²) in [4.78, 5) is 51.5. The van der Waals surface area contributed by atoms with Crippen molar-refractivity contribution in [3.8, 4) is 12.5 Å². The predicted octanol–water partition coefficient (Wildman–Crippen LogP) is 2.39. The molecule has 0 aliphatic heterocycles.